The first-order valence-corrected chi connectivity index (χ1v) is 7.24. The zero-order valence-corrected chi connectivity index (χ0v) is 11.4. The number of hydrogen-bond donors (Lipinski definition) is 0. The van der Waals surface area contributed by atoms with E-state index in [4.69, 9.17) is 4.74 Å². The number of nitrogens with zero attached hydrogens (tertiary/aromatic N) is 2. The number of carbonyl (C=O) groups is 1. The van der Waals surface area contributed by atoms with E-state index in [2.05, 4.69) is 5.32 Å². The van der Waals surface area contributed by atoms with Crippen LogP contribution >= 0.6 is 0 Å². The van der Waals surface area contributed by atoms with E-state index in [1.807, 2.05) is 11.9 Å². The fraction of sp³-hybridized carbons (Fsp3) is 0.929. The van der Waals surface area contributed by atoms with Crippen molar-refractivity contribution < 1.29 is 9.53 Å². The molecule has 1 atom stereocenters. The van der Waals surface area contributed by atoms with Crippen LogP contribution in [0.5, 0.6) is 0 Å². The molecule has 2 aliphatic rings. The Morgan fingerprint density at radius 2 is 2.11 bits per heavy atom. The van der Waals surface area contributed by atoms with Crippen molar-refractivity contribution in [2.24, 2.45) is 5.92 Å². The molecule has 0 N–H and O–H groups in total. The number of carbonyl (C=O) groups excluding carboxylic acids is 1. The second kappa shape index (κ2) is 7.10. The summed E-state index contributed by atoms with van der Waals surface area (Å²) in [5.74, 6) is 0.943. The number of ether oxygens (including phenoxy) is 1. The molecular weight excluding hydrogens is 228 g/mol. The van der Waals surface area contributed by atoms with E-state index in [-0.39, 0.29) is 0 Å². The smallest absolute Gasteiger partial charge is 0.222 e. The quantitative estimate of drug-likeness (QED) is 0.760. The predicted molar refractivity (Wildman–Crippen MR) is 70.4 cm³/mol. The van der Waals surface area contributed by atoms with Gasteiger partial charge in [-0.15, -0.1) is 0 Å². The first-order chi connectivity index (χ1) is 8.77. The van der Waals surface area contributed by atoms with Crippen LogP contribution in [0.2, 0.25) is 0 Å². The van der Waals surface area contributed by atoms with Gasteiger partial charge in [-0.05, 0) is 38.0 Å². The standard InChI is InChI=1S/C14H25N2O2/c1-16(13-6-9-18-10-7-13)14(17)5-4-12-3-2-8-15-11-12/h12-13H,2-11H2,1H3. The van der Waals surface area contributed by atoms with Crippen LogP contribution in [-0.2, 0) is 9.53 Å². The Kier molecular flexibility index (Phi) is 5.45. The summed E-state index contributed by atoms with van der Waals surface area (Å²) in [6, 6.07) is 0.391. The lowest BCUT2D eigenvalue weighted by Gasteiger charge is -2.31. The second-order valence-electron chi connectivity index (χ2n) is 5.52. The molecule has 2 fully saturated rings. The van der Waals surface area contributed by atoms with Gasteiger partial charge >= 0.3 is 0 Å². The van der Waals surface area contributed by atoms with Crippen LogP contribution in [0, 0.1) is 5.92 Å². The van der Waals surface area contributed by atoms with Gasteiger partial charge in [0.05, 0.1) is 0 Å². The fourth-order valence-electron chi connectivity index (χ4n) is 2.87. The van der Waals surface area contributed by atoms with Gasteiger partial charge < -0.3 is 9.64 Å². The summed E-state index contributed by atoms with van der Waals surface area (Å²) >= 11 is 0. The molecule has 0 aromatic rings. The molecule has 2 rings (SSSR count). The molecular formula is C14H25N2O2. The van der Waals surface area contributed by atoms with E-state index < -0.39 is 0 Å². The number of amides is 1. The Balaban J connectivity index is 1.69. The minimum atomic E-state index is 0.299. The maximum Gasteiger partial charge on any atom is 0.222 e. The van der Waals surface area contributed by atoms with Crippen molar-refractivity contribution in [1.29, 1.82) is 0 Å². The molecule has 1 unspecified atom stereocenters. The van der Waals surface area contributed by atoms with E-state index in [1.165, 1.54) is 12.8 Å². The van der Waals surface area contributed by atoms with Gasteiger partial charge in [0.25, 0.3) is 0 Å². The van der Waals surface area contributed by atoms with Gasteiger partial charge in [0, 0.05) is 45.8 Å². The van der Waals surface area contributed by atoms with E-state index in [1.54, 1.807) is 0 Å². The molecule has 1 radical (unpaired) electrons. The summed E-state index contributed by atoms with van der Waals surface area (Å²) in [6.45, 7) is 3.58. The zero-order chi connectivity index (χ0) is 12.8. The van der Waals surface area contributed by atoms with Gasteiger partial charge in [-0.25, -0.2) is 5.32 Å². The Hall–Kier alpha value is -0.610. The highest BCUT2D eigenvalue weighted by Crippen LogP contribution is 2.19. The van der Waals surface area contributed by atoms with Crippen molar-refractivity contribution in [3.63, 3.8) is 0 Å². The molecule has 0 aliphatic carbocycles. The van der Waals surface area contributed by atoms with Crippen LogP contribution in [0.15, 0.2) is 0 Å². The molecule has 0 aromatic carbocycles. The minimum Gasteiger partial charge on any atom is -0.381 e. The molecule has 0 bridgehead atoms. The highest BCUT2D eigenvalue weighted by atomic mass is 16.5. The average molecular weight is 253 g/mol. The number of piperidine rings is 1. The van der Waals surface area contributed by atoms with Gasteiger partial charge in [0.2, 0.25) is 5.91 Å². The van der Waals surface area contributed by atoms with Gasteiger partial charge in [0.1, 0.15) is 0 Å². The summed E-state index contributed by atoms with van der Waals surface area (Å²) < 4.78 is 5.33. The molecule has 0 saturated carbocycles. The third-order valence-corrected chi connectivity index (χ3v) is 4.21. The molecule has 2 aliphatic heterocycles. The Morgan fingerprint density at radius 3 is 2.78 bits per heavy atom. The molecule has 103 valence electrons. The van der Waals surface area contributed by atoms with Crippen molar-refractivity contribution >= 4 is 5.91 Å². The van der Waals surface area contributed by atoms with Crippen LogP contribution < -0.4 is 5.32 Å². The lowest BCUT2D eigenvalue weighted by Crippen LogP contribution is -2.40. The maximum atomic E-state index is 12.1. The largest absolute Gasteiger partial charge is 0.381 e. The molecule has 4 nitrogen and oxygen atoms in total. The number of rotatable bonds is 4. The third-order valence-electron chi connectivity index (χ3n) is 4.21. The van der Waals surface area contributed by atoms with Gasteiger partial charge in [-0.2, -0.15) is 0 Å². The van der Waals surface area contributed by atoms with Crippen molar-refractivity contribution in [1.82, 2.24) is 10.2 Å². The first-order valence-electron chi connectivity index (χ1n) is 7.24. The van der Waals surface area contributed by atoms with Gasteiger partial charge in [-0.1, -0.05) is 0 Å². The monoisotopic (exact) mass is 253 g/mol. The summed E-state index contributed by atoms with van der Waals surface area (Å²) in [7, 11) is 1.95. The van der Waals surface area contributed by atoms with Crippen LogP contribution in [-0.4, -0.2) is 50.2 Å². The van der Waals surface area contributed by atoms with Crippen molar-refractivity contribution in [3.05, 3.63) is 0 Å². The van der Waals surface area contributed by atoms with E-state index >= 15 is 0 Å². The van der Waals surface area contributed by atoms with Crippen molar-refractivity contribution in [2.45, 2.75) is 44.6 Å². The molecule has 0 spiro atoms. The fourth-order valence-corrected chi connectivity index (χ4v) is 2.87. The SMILES string of the molecule is CN(C(=O)CCC1CCC[N]C1)C1CCOCC1. The van der Waals surface area contributed by atoms with E-state index in [9.17, 15) is 4.79 Å². The normalized spacial score (nSPS) is 25.9. The Labute approximate surface area is 110 Å². The topological polar surface area (TPSA) is 43.6 Å². The van der Waals surface area contributed by atoms with Crippen LogP contribution in [0.25, 0.3) is 0 Å². The van der Waals surface area contributed by atoms with E-state index in [0.717, 1.165) is 45.6 Å². The van der Waals surface area contributed by atoms with Crippen LogP contribution in [0.3, 0.4) is 0 Å². The Morgan fingerprint density at radius 1 is 1.33 bits per heavy atom. The van der Waals surface area contributed by atoms with Crippen LogP contribution in [0.4, 0.5) is 0 Å². The molecule has 1 amide bonds. The summed E-state index contributed by atoms with van der Waals surface area (Å²) in [5.41, 5.74) is 0. The van der Waals surface area contributed by atoms with E-state index in [0.29, 0.717) is 24.3 Å². The van der Waals surface area contributed by atoms with Crippen molar-refractivity contribution in [3.8, 4) is 0 Å². The zero-order valence-electron chi connectivity index (χ0n) is 11.4. The Bertz CT molecular complexity index is 259. The lowest BCUT2D eigenvalue weighted by molar-refractivity contribution is -0.134. The van der Waals surface area contributed by atoms with Crippen LogP contribution in [0.1, 0.15) is 38.5 Å². The summed E-state index contributed by atoms with van der Waals surface area (Å²) in [4.78, 5) is 14.1. The molecule has 0 aromatic heterocycles. The van der Waals surface area contributed by atoms with Gasteiger partial charge in [-0.3, -0.25) is 4.79 Å². The lowest BCUT2D eigenvalue weighted by atomic mass is 9.94. The average Bonchev–Trinajstić information content (AvgIpc) is 2.46. The highest BCUT2D eigenvalue weighted by molar-refractivity contribution is 5.76. The minimum absolute atomic E-state index is 0.299. The second-order valence-corrected chi connectivity index (χ2v) is 5.52. The van der Waals surface area contributed by atoms with Crippen molar-refractivity contribution in [2.75, 3.05) is 33.4 Å². The third kappa shape index (κ3) is 3.95. The highest BCUT2D eigenvalue weighted by Gasteiger charge is 2.23. The van der Waals surface area contributed by atoms with Gasteiger partial charge in [0.15, 0.2) is 0 Å². The molecule has 4 heteroatoms. The first kappa shape index (κ1) is 13.8. The predicted octanol–water partition coefficient (Wildman–Crippen LogP) is 1.42. The maximum absolute atomic E-state index is 12.1. The summed E-state index contributed by atoms with van der Waals surface area (Å²) in [6.07, 6.45) is 6.12. The molecule has 2 heterocycles. The molecule has 18 heavy (non-hydrogen) atoms. The molecule has 2 saturated heterocycles. The summed E-state index contributed by atoms with van der Waals surface area (Å²) in [5, 5.41) is 4.43. The number of hydrogen-bond acceptors (Lipinski definition) is 2.